The summed E-state index contributed by atoms with van der Waals surface area (Å²) in [7, 11) is 0. The van der Waals surface area contributed by atoms with Gasteiger partial charge in [0.05, 0.1) is 0 Å². The summed E-state index contributed by atoms with van der Waals surface area (Å²) in [6, 6.07) is 2.65. The first kappa shape index (κ1) is 15.2. The Kier molecular flexibility index (Phi) is 5.35. The van der Waals surface area contributed by atoms with E-state index in [9.17, 15) is 0 Å². The average Bonchev–Trinajstić information content (AvgIpc) is 2.86. The number of rotatable bonds is 6. The third-order valence-corrected chi connectivity index (χ3v) is 3.89. The van der Waals surface area contributed by atoms with Crippen molar-refractivity contribution in [1.29, 1.82) is 0 Å². The zero-order chi connectivity index (χ0) is 14.5. The van der Waals surface area contributed by atoms with Crippen molar-refractivity contribution in [3.8, 4) is 0 Å². The SMILES string of the molecule is CCCNCC1CCCN1c1nc(C)cc(C(C)C)n1. The molecule has 0 aliphatic carbocycles. The Morgan fingerprint density at radius 1 is 1.40 bits per heavy atom. The normalized spacial score (nSPS) is 19.1. The van der Waals surface area contributed by atoms with Crippen LogP contribution in [0.1, 0.15) is 57.3 Å². The van der Waals surface area contributed by atoms with E-state index in [0.717, 1.165) is 37.0 Å². The molecular weight excluding hydrogens is 248 g/mol. The number of aromatic nitrogens is 2. The second-order valence-electron chi connectivity index (χ2n) is 6.08. The molecule has 1 aliphatic rings. The van der Waals surface area contributed by atoms with Gasteiger partial charge in [-0.3, -0.25) is 0 Å². The Labute approximate surface area is 123 Å². The Bertz CT molecular complexity index is 430. The van der Waals surface area contributed by atoms with Gasteiger partial charge >= 0.3 is 0 Å². The molecule has 4 nitrogen and oxygen atoms in total. The van der Waals surface area contributed by atoms with Crippen molar-refractivity contribution in [2.75, 3.05) is 24.5 Å². The highest BCUT2D eigenvalue weighted by Gasteiger charge is 2.26. The fraction of sp³-hybridized carbons (Fsp3) is 0.750. The molecule has 1 aromatic rings. The predicted molar refractivity (Wildman–Crippen MR) is 84.4 cm³/mol. The van der Waals surface area contributed by atoms with E-state index in [1.807, 2.05) is 0 Å². The van der Waals surface area contributed by atoms with Crippen molar-refractivity contribution >= 4 is 5.95 Å². The molecule has 4 heteroatoms. The molecule has 1 aromatic heterocycles. The second kappa shape index (κ2) is 7.02. The first-order valence-electron chi connectivity index (χ1n) is 7.94. The van der Waals surface area contributed by atoms with E-state index in [2.05, 4.69) is 49.0 Å². The molecule has 112 valence electrons. The quantitative estimate of drug-likeness (QED) is 0.811. The van der Waals surface area contributed by atoms with Crippen LogP contribution in [-0.2, 0) is 0 Å². The molecule has 1 atom stereocenters. The number of nitrogens with zero attached hydrogens (tertiary/aromatic N) is 3. The minimum atomic E-state index is 0.453. The fourth-order valence-corrected chi connectivity index (χ4v) is 2.76. The fourth-order valence-electron chi connectivity index (χ4n) is 2.76. The van der Waals surface area contributed by atoms with Crippen LogP contribution < -0.4 is 10.2 Å². The van der Waals surface area contributed by atoms with Crippen LogP contribution in [-0.4, -0.2) is 35.6 Å². The predicted octanol–water partition coefficient (Wildman–Crippen LogP) is 2.88. The summed E-state index contributed by atoms with van der Waals surface area (Å²) in [6.07, 6.45) is 3.67. The Morgan fingerprint density at radius 2 is 2.20 bits per heavy atom. The molecule has 1 N–H and O–H groups in total. The van der Waals surface area contributed by atoms with Crippen LogP contribution in [0.5, 0.6) is 0 Å². The van der Waals surface area contributed by atoms with Crippen LogP contribution in [0.3, 0.4) is 0 Å². The van der Waals surface area contributed by atoms with Crippen LogP contribution in [0.25, 0.3) is 0 Å². The van der Waals surface area contributed by atoms with Crippen LogP contribution in [0.15, 0.2) is 6.07 Å². The lowest BCUT2D eigenvalue weighted by Gasteiger charge is -2.26. The Balaban J connectivity index is 2.12. The number of aryl methyl sites for hydroxylation is 1. The van der Waals surface area contributed by atoms with Crippen molar-refractivity contribution in [2.24, 2.45) is 0 Å². The van der Waals surface area contributed by atoms with Crippen LogP contribution in [0.2, 0.25) is 0 Å². The average molecular weight is 276 g/mol. The van der Waals surface area contributed by atoms with Crippen molar-refractivity contribution in [1.82, 2.24) is 15.3 Å². The third-order valence-electron chi connectivity index (χ3n) is 3.89. The van der Waals surface area contributed by atoms with Crippen molar-refractivity contribution in [3.63, 3.8) is 0 Å². The standard InChI is InChI=1S/C16H28N4/c1-5-8-17-11-14-7-6-9-20(14)16-18-13(4)10-15(19-16)12(2)3/h10,12,14,17H,5-9,11H2,1-4H3. The molecule has 2 heterocycles. The second-order valence-corrected chi connectivity index (χ2v) is 6.08. The summed E-state index contributed by atoms with van der Waals surface area (Å²) < 4.78 is 0. The number of anilines is 1. The molecule has 20 heavy (non-hydrogen) atoms. The van der Waals surface area contributed by atoms with Gasteiger partial charge in [-0.2, -0.15) is 0 Å². The molecule has 1 saturated heterocycles. The monoisotopic (exact) mass is 276 g/mol. The molecule has 0 radical (unpaired) electrons. The van der Waals surface area contributed by atoms with Gasteiger partial charge in [-0.05, 0) is 44.7 Å². The molecule has 0 bridgehead atoms. The van der Waals surface area contributed by atoms with Crippen molar-refractivity contribution < 1.29 is 0 Å². The number of hydrogen-bond acceptors (Lipinski definition) is 4. The van der Waals surface area contributed by atoms with Crippen molar-refractivity contribution in [3.05, 3.63) is 17.5 Å². The summed E-state index contributed by atoms with van der Waals surface area (Å²) in [6.45, 7) is 11.9. The van der Waals surface area contributed by atoms with Crippen LogP contribution >= 0.6 is 0 Å². The number of nitrogens with one attached hydrogen (secondary N) is 1. The van der Waals surface area contributed by atoms with Gasteiger partial charge in [0, 0.05) is 30.5 Å². The molecule has 0 amide bonds. The lowest BCUT2D eigenvalue weighted by atomic mass is 10.1. The summed E-state index contributed by atoms with van der Waals surface area (Å²) in [4.78, 5) is 11.8. The Hall–Kier alpha value is -1.16. The summed E-state index contributed by atoms with van der Waals surface area (Å²) in [5.74, 6) is 1.38. The maximum Gasteiger partial charge on any atom is 0.226 e. The van der Waals surface area contributed by atoms with E-state index in [4.69, 9.17) is 4.98 Å². The van der Waals surface area contributed by atoms with Gasteiger partial charge in [0.1, 0.15) is 0 Å². The molecular formula is C16H28N4. The highest BCUT2D eigenvalue weighted by molar-refractivity contribution is 5.36. The van der Waals surface area contributed by atoms with E-state index in [1.165, 1.54) is 19.3 Å². The highest BCUT2D eigenvalue weighted by Crippen LogP contribution is 2.24. The third kappa shape index (κ3) is 3.69. The van der Waals surface area contributed by atoms with Gasteiger partial charge in [0.15, 0.2) is 0 Å². The van der Waals surface area contributed by atoms with Crippen molar-refractivity contribution in [2.45, 2.75) is 58.9 Å². The first-order chi connectivity index (χ1) is 9.61. The molecule has 2 rings (SSSR count). The highest BCUT2D eigenvalue weighted by atomic mass is 15.3. The minimum absolute atomic E-state index is 0.453. The maximum absolute atomic E-state index is 4.78. The van der Waals surface area contributed by atoms with Crippen LogP contribution in [0, 0.1) is 6.92 Å². The van der Waals surface area contributed by atoms with E-state index < -0.39 is 0 Å². The zero-order valence-corrected chi connectivity index (χ0v) is 13.3. The molecule has 0 saturated carbocycles. The lowest BCUT2D eigenvalue weighted by molar-refractivity contribution is 0.564. The minimum Gasteiger partial charge on any atom is -0.337 e. The van der Waals surface area contributed by atoms with Gasteiger partial charge in [-0.15, -0.1) is 0 Å². The lowest BCUT2D eigenvalue weighted by Crippen LogP contribution is -2.39. The molecule has 0 aromatic carbocycles. The van der Waals surface area contributed by atoms with E-state index in [0.29, 0.717) is 12.0 Å². The molecule has 1 aliphatic heterocycles. The first-order valence-corrected chi connectivity index (χ1v) is 7.94. The largest absolute Gasteiger partial charge is 0.337 e. The van der Waals surface area contributed by atoms with Gasteiger partial charge in [-0.1, -0.05) is 20.8 Å². The Morgan fingerprint density at radius 3 is 2.90 bits per heavy atom. The number of hydrogen-bond donors (Lipinski definition) is 1. The maximum atomic E-state index is 4.78. The molecule has 0 spiro atoms. The van der Waals surface area contributed by atoms with Gasteiger partial charge in [0.25, 0.3) is 0 Å². The van der Waals surface area contributed by atoms with Gasteiger partial charge < -0.3 is 10.2 Å². The summed E-state index contributed by atoms with van der Waals surface area (Å²) in [5.41, 5.74) is 2.23. The smallest absolute Gasteiger partial charge is 0.226 e. The zero-order valence-electron chi connectivity index (χ0n) is 13.3. The molecule has 1 fully saturated rings. The van der Waals surface area contributed by atoms with Gasteiger partial charge in [0.2, 0.25) is 5.95 Å². The topological polar surface area (TPSA) is 41.0 Å². The summed E-state index contributed by atoms with van der Waals surface area (Å²) in [5, 5.41) is 3.53. The van der Waals surface area contributed by atoms with E-state index in [-0.39, 0.29) is 0 Å². The molecule has 1 unspecified atom stereocenters. The van der Waals surface area contributed by atoms with E-state index >= 15 is 0 Å². The van der Waals surface area contributed by atoms with Crippen LogP contribution in [0.4, 0.5) is 5.95 Å². The van der Waals surface area contributed by atoms with E-state index in [1.54, 1.807) is 0 Å². The van der Waals surface area contributed by atoms with Gasteiger partial charge in [-0.25, -0.2) is 9.97 Å². The summed E-state index contributed by atoms with van der Waals surface area (Å²) >= 11 is 0.